The van der Waals surface area contributed by atoms with E-state index in [4.69, 9.17) is 4.74 Å². The molecule has 0 bridgehead atoms. The van der Waals surface area contributed by atoms with Gasteiger partial charge in [-0.15, -0.1) is 36.2 Å². The Morgan fingerprint density at radius 1 is 1.25 bits per heavy atom. The van der Waals surface area contributed by atoms with Gasteiger partial charge in [-0.05, 0) is 23.6 Å². The number of hydrogen-bond acceptors (Lipinski definition) is 5. The predicted molar refractivity (Wildman–Crippen MR) is 107 cm³/mol. The van der Waals surface area contributed by atoms with E-state index in [2.05, 4.69) is 43.7 Å². The summed E-state index contributed by atoms with van der Waals surface area (Å²) in [6.45, 7) is 3.83. The molecule has 2 heterocycles. The summed E-state index contributed by atoms with van der Waals surface area (Å²) >= 11 is 5.33. The van der Waals surface area contributed by atoms with Crippen molar-refractivity contribution in [3.63, 3.8) is 0 Å². The fourth-order valence-electron chi connectivity index (χ4n) is 2.88. The molecule has 1 atom stereocenters. The fraction of sp³-hybridized carbons (Fsp3) is 0.375. The van der Waals surface area contributed by atoms with Gasteiger partial charge in [-0.1, -0.05) is 22.0 Å². The number of benzene rings is 1. The highest BCUT2D eigenvalue weighted by molar-refractivity contribution is 9.10. The minimum Gasteiger partial charge on any atom is -0.504 e. The van der Waals surface area contributed by atoms with Crippen molar-refractivity contribution in [2.45, 2.75) is 6.04 Å². The molecule has 4 nitrogen and oxygen atoms in total. The molecule has 1 aromatic heterocycles. The lowest BCUT2D eigenvalue weighted by Gasteiger charge is -2.35. The van der Waals surface area contributed by atoms with E-state index in [1.165, 1.54) is 4.88 Å². The van der Waals surface area contributed by atoms with E-state index in [1.807, 2.05) is 6.07 Å². The number of ether oxygens (including phenoxy) is 1. The molecule has 0 radical (unpaired) electrons. The van der Waals surface area contributed by atoms with E-state index in [0.717, 1.165) is 36.2 Å². The van der Waals surface area contributed by atoms with Gasteiger partial charge in [-0.3, -0.25) is 4.90 Å². The van der Waals surface area contributed by atoms with Crippen LogP contribution in [0.3, 0.4) is 0 Å². The van der Waals surface area contributed by atoms with E-state index in [1.54, 1.807) is 24.5 Å². The number of hydrogen-bond donors (Lipinski definition) is 2. The Morgan fingerprint density at radius 3 is 2.54 bits per heavy atom. The van der Waals surface area contributed by atoms with Crippen LogP contribution in [0.1, 0.15) is 16.5 Å². The van der Waals surface area contributed by atoms with Crippen LogP contribution in [-0.4, -0.2) is 43.3 Å². The molecule has 0 amide bonds. The second kappa shape index (κ2) is 9.85. The number of methoxy groups -OCH3 is 1. The third-order valence-electron chi connectivity index (χ3n) is 3.95. The lowest BCUT2D eigenvalue weighted by molar-refractivity contribution is 0.197. The number of halogens is 3. The minimum atomic E-state index is 0. The Balaban J connectivity index is 0.00000144. The number of phenols is 1. The molecule has 1 aromatic carbocycles. The Bertz CT molecular complexity index is 637. The van der Waals surface area contributed by atoms with Gasteiger partial charge in [0.25, 0.3) is 0 Å². The predicted octanol–water partition coefficient (Wildman–Crippen LogP) is 4.06. The number of thiophene rings is 1. The molecule has 1 fully saturated rings. The van der Waals surface area contributed by atoms with Crippen molar-refractivity contribution < 1.29 is 9.84 Å². The van der Waals surface area contributed by atoms with Crippen molar-refractivity contribution in [2.75, 3.05) is 33.3 Å². The first-order chi connectivity index (χ1) is 10.7. The largest absolute Gasteiger partial charge is 0.504 e. The van der Waals surface area contributed by atoms with Crippen molar-refractivity contribution in [3.8, 4) is 11.5 Å². The second-order valence-corrected chi connectivity index (χ2v) is 7.05. The number of aromatic hydroxyl groups is 1. The summed E-state index contributed by atoms with van der Waals surface area (Å²) < 4.78 is 6.20. The molecule has 1 saturated heterocycles. The first-order valence-corrected chi connectivity index (χ1v) is 8.93. The van der Waals surface area contributed by atoms with Crippen LogP contribution in [0.5, 0.6) is 11.5 Å². The van der Waals surface area contributed by atoms with Crippen molar-refractivity contribution in [3.05, 3.63) is 44.6 Å². The van der Waals surface area contributed by atoms with E-state index in [9.17, 15) is 5.11 Å². The first kappa shape index (κ1) is 21.5. The van der Waals surface area contributed by atoms with E-state index in [-0.39, 0.29) is 36.6 Å². The summed E-state index contributed by atoms with van der Waals surface area (Å²) in [6, 6.07) is 7.94. The lowest BCUT2D eigenvalue weighted by atomic mass is 10.0. The molecule has 1 aliphatic heterocycles. The summed E-state index contributed by atoms with van der Waals surface area (Å²) in [7, 11) is 1.58. The molecule has 0 saturated carbocycles. The molecular formula is C16H21BrCl2N2O2S. The Kier molecular flexibility index (Phi) is 8.84. The SMILES string of the molecule is COc1ccc(Br)c([C@@H](c2cccs2)N2CCNCC2)c1O.Cl.Cl. The molecule has 3 rings (SSSR count). The number of nitrogens with one attached hydrogen (secondary N) is 1. The Hall–Kier alpha value is -0.500. The molecule has 134 valence electrons. The minimum absolute atomic E-state index is 0. The second-order valence-electron chi connectivity index (χ2n) is 5.22. The highest BCUT2D eigenvalue weighted by atomic mass is 79.9. The van der Waals surface area contributed by atoms with Gasteiger partial charge >= 0.3 is 0 Å². The highest BCUT2D eigenvalue weighted by Crippen LogP contribution is 2.44. The smallest absolute Gasteiger partial charge is 0.164 e. The lowest BCUT2D eigenvalue weighted by Crippen LogP contribution is -2.45. The highest BCUT2D eigenvalue weighted by Gasteiger charge is 2.30. The molecule has 0 aliphatic carbocycles. The monoisotopic (exact) mass is 454 g/mol. The number of rotatable bonds is 4. The van der Waals surface area contributed by atoms with E-state index < -0.39 is 0 Å². The number of nitrogens with zero attached hydrogens (tertiary/aromatic N) is 1. The van der Waals surface area contributed by atoms with Crippen LogP contribution < -0.4 is 10.1 Å². The maximum absolute atomic E-state index is 10.7. The first-order valence-electron chi connectivity index (χ1n) is 7.26. The van der Waals surface area contributed by atoms with Crippen LogP contribution in [-0.2, 0) is 0 Å². The quantitative estimate of drug-likeness (QED) is 0.729. The normalized spacial score (nSPS) is 15.9. The zero-order chi connectivity index (χ0) is 15.5. The average Bonchev–Trinajstić information content (AvgIpc) is 3.06. The summed E-state index contributed by atoms with van der Waals surface area (Å²) in [4.78, 5) is 3.63. The van der Waals surface area contributed by atoms with Gasteiger partial charge < -0.3 is 15.2 Å². The summed E-state index contributed by atoms with van der Waals surface area (Å²) in [5.74, 6) is 0.726. The molecule has 0 unspecified atom stereocenters. The zero-order valence-corrected chi connectivity index (χ0v) is 17.2. The Morgan fingerprint density at radius 2 is 1.96 bits per heavy atom. The molecule has 8 heteroatoms. The van der Waals surface area contributed by atoms with Crippen molar-refractivity contribution in [2.24, 2.45) is 0 Å². The summed E-state index contributed by atoms with van der Waals surface area (Å²) in [5.41, 5.74) is 0.878. The standard InChI is InChI=1S/C16H19BrN2O2S.2ClH/c1-21-12-5-4-11(17)14(16(12)20)15(13-3-2-10-22-13)19-8-6-18-7-9-19;;/h2-5,10,15,18,20H,6-9H2,1H3;2*1H/t15-;;/m1../s1. The molecule has 2 N–H and O–H groups in total. The topological polar surface area (TPSA) is 44.7 Å². The van der Waals surface area contributed by atoms with Crippen LogP contribution in [0.25, 0.3) is 0 Å². The van der Waals surface area contributed by atoms with Crippen LogP contribution in [0.15, 0.2) is 34.1 Å². The van der Waals surface area contributed by atoms with E-state index >= 15 is 0 Å². The zero-order valence-electron chi connectivity index (χ0n) is 13.2. The van der Waals surface area contributed by atoms with Gasteiger partial charge in [0.15, 0.2) is 11.5 Å². The number of phenolic OH excluding ortho intramolecular Hbond substituents is 1. The van der Waals surface area contributed by atoms with Gasteiger partial charge in [0.1, 0.15) is 0 Å². The van der Waals surface area contributed by atoms with Crippen LogP contribution >= 0.6 is 52.1 Å². The number of piperazine rings is 1. The third-order valence-corrected chi connectivity index (χ3v) is 5.57. The van der Waals surface area contributed by atoms with Crippen molar-refractivity contribution >= 4 is 52.1 Å². The van der Waals surface area contributed by atoms with Crippen LogP contribution in [0.2, 0.25) is 0 Å². The average molecular weight is 456 g/mol. The Labute approximate surface area is 167 Å². The van der Waals surface area contributed by atoms with Gasteiger partial charge in [0.05, 0.1) is 13.2 Å². The summed E-state index contributed by atoms with van der Waals surface area (Å²) in [6.07, 6.45) is 0. The van der Waals surface area contributed by atoms with Gasteiger partial charge in [-0.25, -0.2) is 0 Å². The van der Waals surface area contributed by atoms with Gasteiger partial charge in [0, 0.05) is 41.1 Å². The van der Waals surface area contributed by atoms with Crippen molar-refractivity contribution in [1.82, 2.24) is 10.2 Å². The van der Waals surface area contributed by atoms with E-state index in [0.29, 0.717) is 5.75 Å². The molecule has 1 aliphatic rings. The van der Waals surface area contributed by atoms with Gasteiger partial charge in [0.2, 0.25) is 0 Å². The maximum Gasteiger partial charge on any atom is 0.164 e. The summed E-state index contributed by atoms with van der Waals surface area (Å²) in [5, 5.41) is 16.1. The fourth-order valence-corrected chi connectivity index (χ4v) is 4.28. The van der Waals surface area contributed by atoms with Gasteiger partial charge in [-0.2, -0.15) is 0 Å². The molecule has 0 spiro atoms. The third kappa shape index (κ3) is 4.36. The molecule has 2 aromatic rings. The maximum atomic E-state index is 10.7. The molecule has 24 heavy (non-hydrogen) atoms. The van der Waals surface area contributed by atoms with Crippen molar-refractivity contribution in [1.29, 1.82) is 0 Å². The van der Waals surface area contributed by atoms with Crippen LogP contribution in [0.4, 0.5) is 0 Å². The molecular weight excluding hydrogens is 435 g/mol. The van der Waals surface area contributed by atoms with Crippen LogP contribution in [0, 0.1) is 0 Å².